The lowest BCUT2D eigenvalue weighted by molar-refractivity contribution is 0.0201. The van der Waals surface area contributed by atoms with Crippen molar-refractivity contribution in [1.29, 1.82) is 0 Å². The molecule has 0 radical (unpaired) electrons. The Balaban J connectivity index is 0.00000144. The number of hydrogen-bond donors (Lipinski definition) is 1. The SMILES string of the molecule is Cl.Cl.Fc1cc(F)c([C@@H](C2CCOCC2)N2CCNCC2)cc1F. The molecule has 2 heterocycles. The fourth-order valence-electron chi connectivity index (χ4n) is 3.51. The third kappa shape index (κ3) is 4.76. The minimum absolute atomic E-state index is 0. The second-order valence-corrected chi connectivity index (χ2v) is 5.97. The zero-order valence-electron chi connectivity index (χ0n) is 13.3. The summed E-state index contributed by atoms with van der Waals surface area (Å²) >= 11 is 0. The monoisotopic (exact) mass is 386 g/mol. The van der Waals surface area contributed by atoms with Crippen molar-refractivity contribution in [2.45, 2.75) is 18.9 Å². The van der Waals surface area contributed by atoms with Crippen molar-refractivity contribution < 1.29 is 17.9 Å². The molecule has 1 N–H and O–H groups in total. The molecule has 2 aliphatic rings. The standard InChI is InChI=1S/C16H21F3N2O.2ClH/c17-13-10-15(19)14(18)9-12(13)16(11-1-7-22-8-2-11)21-5-3-20-4-6-21;;/h9-11,16,20H,1-8H2;2*1H/t16-;;/m1../s1. The average Bonchev–Trinajstić information content (AvgIpc) is 2.55. The number of benzene rings is 1. The summed E-state index contributed by atoms with van der Waals surface area (Å²) < 4.78 is 46.6. The maximum Gasteiger partial charge on any atom is 0.161 e. The maximum absolute atomic E-state index is 14.3. The zero-order valence-corrected chi connectivity index (χ0v) is 14.9. The molecular formula is C16H23Cl2F3N2O. The summed E-state index contributed by atoms with van der Waals surface area (Å²) in [6.07, 6.45) is 1.63. The summed E-state index contributed by atoms with van der Waals surface area (Å²) in [5, 5.41) is 3.26. The van der Waals surface area contributed by atoms with Gasteiger partial charge in [0.2, 0.25) is 0 Å². The van der Waals surface area contributed by atoms with Crippen LogP contribution in [0.3, 0.4) is 0 Å². The van der Waals surface area contributed by atoms with Crippen molar-refractivity contribution >= 4 is 24.8 Å². The Kier molecular flexibility index (Phi) is 8.81. The number of piperazine rings is 1. The molecule has 0 aromatic heterocycles. The number of halogens is 5. The van der Waals surface area contributed by atoms with Gasteiger partial charge in [-0.25, -0.2) is 13.2 Å². The molecule has 0 unspecified atom stereocenters. The van der Waals surface area contributed by atoms with Crippen molar-refractivity contribution in [2.24, 2.45) is 5.92 Å². The summed E-state index contributed by atoms with van der Waals surface area (Å²) in [5.74, 6) is -2.57. The molecular weight excluding hydrogens is 364 g/mol. The topological polar surface area (TPSA) is 24.5 Å². The Hall–Kier alpha value is -0.530. The lowest BCUT2D eigenvalue weighted by Crippen LogP contribution is -2.47. The fourth-order valence-corrected chi connectivity index (χ4v) is 3.51. The molecule has 3 rings (SSSR count). The molecule has 1 aromatic rings. The number of ether oxygens (including phenoxy) is 1. The second kappa shape index (κ2) is 9.82. The van der Waals surface area contributed by atoms with E-state index >= 15 is 0 Å². The van der Waals surface area contributed by atoms with Crippen LogP contribution in [-0.2, 0) is 4.74 Å². The van der Waals surface area contributed by atoms with E-state index in [9.17, 15) is 13.2 Å². The normalized spacial score (nSPS) is 20.8. The van der Waals surface area contributed by atoms with Crippen LogP contribution in [0, 0.1) is 23.4 Å². The smallest absolute Gasteiger partial charge is 0.161 e. The lowest BCUT2D eigenvalue weighted by Gasteiger charge is -2.41. The molecule has 2 saturated heterocycles. The van der Waals surface area contributed by atoms with Crippen molar-refractivity contribution in [2.75, 3.05) is 39.4 Å². The number of nitrogens with one attached hydrogen (secondary N) is 1. The first-order valence-electron chi connectivity index (χ1n) is 7.84. The molecule has 2 fully saturated rings. The molecule has 1 aromatic carbocycles. The van der Waals surface area contributed by atoms with E-state index in [2.05, 4.69) is 10.2 Å². The van der Waals surface area contributed by atoms with E-state index in [1.165, 1.54) is 0 Å². The van der Waals surface area contributed by atoms with Gasteiger partial charge in [0.1, 0.15) is 5.82 Å². The van der Waals surface area contributed by atoms with Crippen LogP contribution in [0.1, 0.15) is 24.4 Å². The van der Waals surface area contributed by atoms with E-state index in [-0.39, 0.29) is 42.3 Å². The molecule has 0 spiro atoms. The first kappa shape index (κ1) is 21.5. The molecule has 8 heteroatoms. The highest BCUT2D eigenvalue weighted by molar-refractivity contribution is 5.85. The molecule has 0 bridgehead atoms. The van der Waals surface area contributed by atoms with Gasteiger partial charge in [0.25, 0.3) is 0 Å². The van der Waals surface area contributed by atoms with Gasteiger partial charge in [0.05, 0.1) is 0 Å². The minimum Gasteiger partial charge on any atom is -0.381 e. The lowest BCUT2D eigenvalue weighted by atomic mass is 9.85. The Morgan fingerprint density at radius 2 is 1.54 bits per heavy atom. The van der Waals surface area contributed by atoms with Gasteiger partial charge in [-0.15, -0.1) is 24.8 Å². The minimum atomic E-state index is -1.13. The van der Waals surface area contributed by atoms with E-state index < -0.39 is 17.5 Å². The second-order valence-electron chi connectivity index (χ2n) is 5.97. The Bertz CT molecular complexity index is 506. The highest BCUT2D eigenvalue weighted by Crippen LogP contribution is 2.37. The van der Waals surface area contributed by atoms with Crippen LogP contribution in [0.5, 0.6) is 0 Å². The van der Waals surface area contributed by atoms with Crippen molar-refractivity contribution in [3.8, 4) is 0 Å². The van der Waals surface area contributed by atoms with Crippen LogP contribution in [-0.4, -0.2) is 44.3 Å². The maximum atomic E-state index is 14.3. The van der Waals surface area contributed by atoms with Crippen LogP contribution in [0.15, 0.2) is 12.1 Å². The molecule has 1 atom stereocenters. The van der Waals surface area contributed by atoms with Gasteiger partial charge in [-0.3, -0.25) is 4.90 Å². The quantitative estimate of drug-likeness (QED) is 0.806. The summed E-state index contributed by atoms with van der Waals surface area (Å²) in [6.45, 7) is 4.48. The summed E-state index contributed by atoms with van der Waals surface area (Å²) in [6, 6.07) is 1.48. The van der Waals surface area contributed by atoms with E-state index in [1.807, 2.05) is 0 Å². The summed E-state index contributed by atoms with van der Waals surface area (Å²) in [4.78, 5) is 2.18. The van der Waals surface area contributed by atoms with Crippen LogP contribution in [0.25, 0.3) is 0 Å². The Morgan fingerprint density at radius 1 is 0.958 bits per heavy atom. The molecule has 138 valence electrons. The number of hydrogen-bond acceptors (Lipinski definition) is 3. The van der Waals surface area contributed by atoms with Gasteiger partial charge in [-0.2, -0.15) is 0 Å². The van der Waals surface area contributed by atoms with Gasteiger partial charge >= 0.3 is 0 Å². The number of rotatable bonds is 3. The predicted octanol–water partition coefficient (Wildman–Crippen LogP) is 3.32. The van der Waals surface area contributed by atoms with Crippen LogP contribution >= 0.6 is 24.8 Å². The van der Waals surface area contributed by atoms with Crippen molar-refractivity contribution in [3.05, 3.63) is 35.1 Å². The zero-order chi connectivity index (χ0) is 15.5. The predicted molar refractivity (Wildman–Crippen MR) is 91.5 cm³/mol. The van der Waals surface area contributed by atoms with E-state index in [1.54, 1.807) is 0 Å². The molecule has 3 nitrogen and oxygen atoms in total. The third-order valence-corrected chi connectivity index (χ3v) is 4.62. The van der Waals surface area contributed by atoms with E-state index in [0.717, 1.165) is 45.1 Å². The van der Waals surface area contributed by atoms with Gasteiger partial charge in [-0.05, 0) is 24.8 Å². The highest BCUT2D eigenvalue weighted by Gasteiger charge is 2.33. The van der Waals surface area contributed by atoms with Crippen LogP contribution in [0.2, 0.25) is 0 Å². The molecule has 0 saturated carbocycles. The van der Waals surface area contributed by atoms with Crippen LogP contribution < -0.4 is 5.32 Å². The van der Waals surface area contributed by atoms with Gasteiger partial charge in [0, 0.05) is 57.1 Å². The van der Waals surface area contributed by atoms with E-state index in [4.69, 9.17) is 4.74 Å². The highest BCUT2D eigenvalue weighted by atomic mass is 35.5. The van der Waals surface area contributed by atoms with Crippen molar-refractivity contribution in [1.82, 2.24) is 10.2 Å². The van der Waals surface area contributed by atoms with Crippen LogP contribution in [0.4, 0.5) is 13.2 Å². The first-order valence-corrected chi connectivity index (χ1v) is 7.84. The number of nitrogens with zero attached hydrogens (tertiary/aromatic N) is 1. The average molecular weight is 387 g/mol. The third-order valence-electron chi connectivity index (χ3n) is 4.62. The van der Waals surface area contributed by atoms with E-state index in [0.29, 0.717) is 19.3 Å². The molecule has 24 heavy (non-hydrogen) atoms. The van der Waals surface area contributed by atoms with Gasteiger partial charge in [0.15, 0.2) is 11.6 Å². The van der Waals surface area contributed by atoms with Crippen molar-refractivity contribution in [3.63, 3.8) is 0 Å². The van der Waals surface area contributed by atoms with Gasteiger partial charge in [-0.1, -0.05) is 0 Å². The Labute approximate surface area is 152 Å². The molecule has 0 amide bonds. The largest absolute Gasteiger partial charge is 0.381 e. The van der Waals surface area contributed by atoms with Gasteiger partial charge < -0.3 is 10.1 Å². The summed E-state index contributed by atoms with van der Waals surface area (Å²) in [7, 11) is 0. The molecule has 0 aliphatic carbocycles. The fraction of sp³-hybridized carbons (Fsp3) is 0.625. The Morgan fingerprint density at radius 3 is 2.17 bits per heavy atom. The first-order chi connectivity index (χ1) is 10.7. The molecule has 2 aliphatic heterocycles. The summed E-state index contributed by atoms with van der Waals surface area (Å²) in [5.41, 5.74) is 0.271.